The van der Waals surface area contributed by atoms with Crippen molar-refractivity contribution in [2.45, 2.75) is 52.2 Å². The number of carbonyl (C=O) groups excluding carboxylic acids is 1. The molecule has 3 atom stereocenters. The Bertz CT molecular complexity index is 1140. The molecule has 0 radical (unpaired) electrons. The van der Waals surface area contributed by atoms with E-state index in [0.717, 1.165) is 26.4 Å². The quantitative estimate of drug-likeness (QED) is 0.379. The van der Waals surface area contributed by atoms with E-state index in [1.165, 1.54) is 0 Å². The first-order valence-corrected chi connectivity index (χ1v) is 16.4. The van der Waals surface area contributed by atoms with E-state index in [9.17, 15) is 13.2 Å². The van der Waals surface area contributed by atoms with Gasteiger partial charge < -0.3 is 0 Å². The molecular formula is C26H31IO6S. The minimum atomic E-state index is -3.94. The molecule has 1 aliphatic heterocycles. The second kappa shape index (κ2) is 9.19. The summed E-state index contributed by atoms with van der Waals surface area (Å²) in [6, 6.07) is 17.0. The van der Waals surface area contributed by atoms with E-state index in [4.69, 9.17) is 12.0 Å². The van der Waals surface area contributed by atoms with Gasteiger partial charge in [0.25, 0.3) is 0 Å². The number of Topliss-reactive ketones (excluding diaryl/α,β-unsaturated/α-hetero) is 1. The molecule has 0 aromatic heterocycles. The van der Waals surface area contributed by atoms with Crippen molar-refractivity contribution in [1.29, 1.82) is 0 Å². The molecule has 184 valence electrons. The summed E-state index contributed by atoms with van der Waals surface area (Å²) >= 11 is -2.80. The van der Waals surface area contributed by atoms with Gasteiger partial charge in [-0.25, -0.2) is 0 Å². The fourth-order valence-corrected chi connectivity index (χ4v) is 13.4. The van der Waals surface area contributed by atoms with Crippen LogP contribution in [0.4, 0.5) is 0 Å². The molecule has 0 N–H and O–H groups in total. The zero-order valence-electron chi connectivity index (χ0n) is 19.5. The molecule has 2 aromatic carbocycles. The molecule has 3 unspecified atom stereocenters. The zero-order chi connectivity index (χ0) is 24.0. The summed E-state index contributed by atoms with van der Waals surface area (Å²) in [4.78, 5) is 12.9. The van der Waals surface area contributed by atoms with E-state index < -0.39 is 35.8 Å². The molecule has 34 heavy (non-hydrogen) atoms. The Morgan fingerprint density at radius 1 is 1.03 bits per heavy atom. The molecule has 6 nitrogen and oxygen atoms in total. The van der Waals surface area contributed by atoms with Gasteiger partial charge in [-0.05, 0) is 0 Å². The number of ketones is 1. The van der Waals surface area contributed by atoms with Crippen LogP contribution in [-0.4, -0.2) is 32.9 Å². The summed E-state index contributed by atoms with van der Waals surface area (Å²) in [5.74, 6) is 0.798. The van der Waals surface area contributed by atoms with E-state index in [-0.39, 0.29) is 29.2 Å². The second-order valence-corrected chi connectivity index (χ2v) is 16.5. The van der Waals surface area contributed by atoms with Gasteiger partial charge >= 0.3 is 210 Å². The Labute approximate surface area is 209 Å². The Kier molecular flexibility index (Phi) is 6.54. The summed E-state index contributed by atoms with van der Waals surface area (Å²) in [5, 5.41) is 0. The zero-order valence-corrected chi connectivity index (χ0v) is 22.5. The minimum absolute atomic E-state index is 0.0802. The molecule has 8 heteroatoms. The molecule has 3 aliphatic rings. The number of halogens is 1. The van der Waals surface area contributed by atoms with Crippen molar-refractivity contribution in [2.75, 3.05) is 12.4 Å². The van der Waals surface area contributed by atoms with Crippen molar-refractivity contribution < 1.29 is 25.2 Å². The van der Waals surface area contributed by atoms with E-state index in [0.29, 0.717) is 25.2 Å². The van der Waals surface area contributed by atoms with Crippen molar-refractivity contribution in [3.63, 3.8) is 0 Å². The van der Waals surface area contributed by atoms with Gasteiger partial charge in [0.15, 0.2) is 0 Å². The van der Waals surface area contributed by atoms with Crippen molar-refractivity contribution in [1.82, 2.24) is 0 Å². The Morgan fingerprint density at radius 2 is 1.74 bits per heavy atom. The van der Waals surface area contributed by atoms with Gasteiger partial charge in [0.05, 0.1) is 0 Å². The van der Waals surface area contributed by atoms with Crippen molar-refractivity contribution in [3.8, 4) is 5.75 Å². The van der Waals surface area contributed by atoms with Gasteiger partial charge in [-0.3, -0.25) is 0 Å². The number of hydrogen-bond acceptors (Lipinski definition) is 6. The third kappa shape index (κ3) is 4.42. The maximum absolute atomic E-state index is 13.5. The van der Waals surface area contributed by atoms with Crippen LogP contribution in [0.25, 0.3) is 0 Å². The molecule has 1 saturated heterocycles. The van der Waals surface area contributed by atoms with Crippen LogP contribution in [0.5, 0.6) is 5.75 Å². The average molecular weight is 598 g/mol. The summed E-state index contributed by atoms with van der Waals surface area (Å²) in [6.07, 6.45) is 3.63. The first-order chi connectivity index (χ1) is 16.2. The number of ether oxygens (including phenoxy) is 2. The molecule has 0 spiro atoms. The van der Waals surface area contributed by atoms with Crippen LogP contribution in [0, 0.1) is 23.9 Å². The standard InChI is InChI=1S/C26H31IO6S/c1-25(2)19-14-15-26(25,23(28)17-19)18-34(29,30)33-27(20-7-4-3-5-8-20)21-10-12-22(13-11-21)32-24-9-6-16-31-24/h3-5,7-8,10-13,19,24H,6,9,14-18H2,1-2H3. The fourth-order valence-electron chi connectivity index (χ4n) is 5.68. The number of fused-ring (bicyclic) bond motifs is 2. The molecule has 5 rings (SSSR count). The molecule has 1 heterocycles. The molecule has 2 bridgehead atoms. The molecule has 2 aliphatic carbocycles. The molecular weight excluding hydrogens is 567 g/mol. The third-order valence-electron chi connectivity index (χ3n) is 7.82. The van der Waals surface area contributed by atoms with Crippen LogP contribution in [0.15, 0.2) is 54.6 Å². The number of rotatable bonds is 8. The first kappa shape index (κ1) is 24.2. The Morgan fingerprint density at radius 3 is 2.32 bits per heavy atom. The van der Waals surface area contributed by atoms with E-state index in [2.05, 4.69) is 0 Å². The van der Waals surface area contributed by atoms with Gasteiger partial charge in [-0.2, -0.15) is 0 Å². The Hall–Kier alpha value is -1.49. The Balaban J connectivity index is 1.40. The van der Waals surface area contributed by atoms with E-state index in [1.807, 2.05) is 68.4 Å². The summed E-state index contributed by atoms with van der Waals surface area (Å²) < 4.78 is 46.2. The van der Waals surface area contributed by atoms with Crippen molar-refractivity contribution in [3.05, 3.63) is 61.7 Å². The molecule has 3 fully saturated rings. The van der Waals surface area contributed by atoms with Crippen molar-refractivity contribution in [2.24, 2.45) is 16.7 Å². The van der Waals surface area contributed by atoms with Gasteiger partial charge in [-0.1, -0.05) is 0 Å². The monoisotopic (exact) mass is 598 g/mol. The summed E-state index contributed by atoms with van der Waals surface area (Å²) in [5.41, 5.74) is -1.17. The van der Waals surface area contributed by atoms with Gasteiger partial charge in [0, 0.05) is 0 Å². The third-order valence-corrected chi connectivity index (χ3v) is 15.4. The van der Waals surface area contributed by atoms with Crippen LogP contribution in [-0.2, 0) is 22.2 Å². The summed E-state index contributed by atoms with van der Waals surface area (Å²) in [7, 11) is -3.94. The van der Waals surface area contributed by atoms with Gasteiger partial charge in [-0.15, -0.1) is 0 Å². The van der Waals surface area contributed by atoms with E-state index in [1.54, 1.807) is 0 Å². The predicted molar refractivity (Wildman–Crippen MR) is 137 cm³/mol. The van der Waals surface area contributed by atoms with Crippen LogP contribution in [0.2, 0.25) is 0 Å². The first-order valence-electron chi connectivity index (χ1n) is 11.8. The molecule has 0 amide bonds. The van der Waals surface area contributed by atoms with Crippen LogP contribution >= 0.6 is 20.2 Å². The second-order valence-electron chi connectivity index (χ2n) is 9.99. The van der Waals surface area contributed by atoms with Gasteiger partial charge in [0.1, 0.15) is 0 Å². The average Bonchev–Trinajstić information content (AvgIpc) is 3.45. The molecule has 2 aromatic rings. The van der Waals surface area contributed by atoms with Gasteiger partial charge in [0.2, 0.25) is 0 Å². The maximum atomic E-state index is 13.5. The van der Waals surface area contributed by atoms with Crippen molar-refractivity contribution >= 4 is 36.1 Å². The number of benzene rings is 2. The normalized spacial score (nSPS) is 28.3. The number of carbonyl (C=O) groups is 1. The van der Waals surface area contributed by atoms with Crippen LogP contribution < -0.4 is 4.74 Å². The van der Waals surface area contributed by atoms with Crippen LogP contribution in [0.3, 0.4) is 0 Å². The SMILES string of the molecule is CC1(C)C2CCC1(CS(=O)(=O)OI(c1ccccc1)c1ccc(OC3CCCO3)cc1)C(=O)C2. The topological polar surface area (TPSA) is 78.9 Å². The number of hydrogen-bond donors (Lipinski definition) is 0. The van der Waals surface area contributed by atoms with Crippen LogP contribution in [0.1, 0.15) is 46.0 Å². The molecule has 2 saturated carbocycles. The fraction of sp³-hybridized carbons (Fsp3) is 0.500. The van der Waals surface area contributed by atoms with E-state index >= 15 is 0 Å². The summed E-state index contributed by atoms with van der Waals surface area (Å²) in [6.45, 7) is 4.80. The predicted octanol–water partition coefficient (Wildman–Crippen LogP) is 5.40.